The van der Waals surface area contributed by atoms with Crippen molar-refractivity contribution in [3.63, 3.8) is 0 Å². The summed E-state index contributed by atoms with van der Waals surface area (Å²) < 4.78 is 6.35. The molecule has 1 heterocycles. The highest BCUT2D eigenvalue weighted by Gasteiger charge is 2.16. The molecule has 0 fully saturated rings. The van der Waals surface area contributed by atoms with E-state index in [9.17, 15) is 0 Å². The Labute approximate surface area is 279 Å². The summed E-state index contributed by atoms with van der Waals surface area (Å²) in [7, 11) is 0. The van der Waals surface area contributed by atoms with Gasteiger partial charge in [-0.15, -0.1) is 0 Å². The highest BCUT2D eigenvalue weighted by molar-refractivity contribution is 5.93. The highest BCUT2D eigenvalue weighted by atomic mass is 16.3. The maximum atomic E-state index is 6.35. The maximum absolute atomic E-state index is 6.35. The summed E-state index contributed by atoms with van der Waals surface area (Å²) in [6.45, 7) is 0. The van der Waals surface area contributed by atoms with Gasteiger partial charge in [-0.2, -0.15) is 0 Å². The number of nitrogens with zero attached hydrogens (tertiary/aromatic N) is 2. The Bertz CT molecular complexity index is 2550. The van der Waals surface area contributed by atoms with Gasteiger partial charge >= 0.3 is 0 Å². The van der Waals surface area contributed by atoms with Crippen molar-refractivity contribution in [3.05, 3.63) is 182 Å². The van der Waals surface area contributed by atoms with Gasteiger partial charge in [0.1, 0.15) is 5.52 Å². The molecule has 0 aliphatic rings. The van der Waals surface area contributed by atoms with Gasteiger partial charge in [0, 0.05) is 28.2 Å². The van der Waals surface area contributed by atoms with Crippen LogP contribution < -0.4 is 4.90 Å². The smallest absolute Gasteiger partial charge is 0.227 e. The topological polar surface area (TPSA) is 29.3 Å². The normalized spacial score (nSPS) is 11.3. The average Bonchev–Trinajstić information content (AvgIpc) is 3.61. The minimum atomic E-state index is 0.629. The van der Waals surface area contributed by atoms with Crippen molar-refractivity contribution in [1.82, 2.24) is 4.98 Å². The first-order valence-corrected chi connectivity index (χ1v) is 16.2. The van der Waals surface area contributed by atoms with E-state index in [-0.39, 0.29) is 0 Å². The Morgan fingerprint density at radius 2 is 0.938 bits per heavy atom. The van der Waals surface area contributed by atoms with Crippen LogP contribution in [0.15, 0.2) is 186 Å². The molecule has 9 aromatic rings. The van der Waals surface area contributed by atoms with E-state index in [1.165, 1.54) is 32.7 Å². The third-order valence-corrected chi connectivity index (χ3v) is 9.07. The summed E-state index contributed by atoms with van der Waals surface area (Å²) in [6.07, 6.45) is 0. The molecule has 0 unspecified atom stereocenters. The van der Waals surface area contributed by atoms with Gasteiger partial charge in [0.25, 0.3) is 0 Å². The van der Waals surface area contributed by atoms with Crippen molar-refractivity contribution in [1.29, 1.82) is 0 Å². The first-order chi connectivity index (χ1) is 23.8. The first kappa shape index (κ1) is 27.8. The number of oxazole rings is 1. The number of aromatic nitrogens is 1. The number of rotatable bonds is 6. The van der Waals surface area contributed by atoms with Crippen molar-refractivity contribution >= 4 is 49.7 Å². The van der Waals surface area contributed by atoms with Crippen LogP contribution in [0.25, 0.3) is 66.4 Å². The van der Waals surface area contributed by atoms with E-state index in [0.29, 0.717) is 5.89 Å². The number of benzene rings is 8. The molecule has 0 saturated carbocycles. The average molecular weight is 615 g/mol. The fourth-order valence-corrected chi connectivity index (χ4v) is 6.61. The molecule has 0 N–H and O–H groups in total. The zero-order chi connectivity index (χ0) is 31.9. The summed E-state index contributed by atoms with van der Waals surface area (Å²) in [5.41, 5.74) is 10.4. The summed E-state index contributed by atoms with van der Waals surface area (Å²) in [6, 6.07) is 64.1. The second-order valence-electron chi connectivity index (χ2n) is 12.1. The lowest BCUT2D eigenvalue weighted by Crippen LogP contribution is -2.09. The van der Waals surface area contributed by atoms with Crippen molar-refractivity contribution in [3.8, 4) is 33.7 Å². The van der Waals surface area contributed by atoms with Gasteiger partial charge in [0.05, 0.1) is 0 Å². The zero-order valence-electron chi connectivity index (χ0n) is 26.1. The van der Waals surface area contributed by atoms with Crippen LogP contribution in [0.3, 0.4) is 0 Å². The van der Waals surface area contributed by atoms with E-state index in [1.54, 1.807) is 0 Å². The van der Waals surface area contributed by atoms with Crippen LogP contribution in [-0.2, 0) is 0 Å². The largest absolute Gasteiger partial charge is 0.435 e. The predicted octanol–water partition coefficient (Wildman–Crippen LogP) is 12.6. The Balaban J connectivity index is 1.11. The molecule has 48 heavy (non-hydrogen) atoms. The molecule has 226 valence electrons. The fraction of sp³-hybridized carbons (Fsp3) is 0. The minimum absolute atomic E-state index is 0.629. The second-order valence-corrected chi connectivity index (χ2v) is 12.1. The monoisotopic (exact) mass is 614 g/mol. The van der Waals surface area contributed by atoms with E-state index >= 15 is 0 Å². The van der Waals surface area contributed by atoms with Crippen LogP contribution in [0.2, 0.25) is 0 Å². The molecule has 3 heteroatoms. The van der Waals surface area contributed by atoms with Gasteiger partial charge in [-0.05, 0) is 98.9 Å². The minimum Gasteiger partial charge on any atom is -0.435 e. The molecule has 0 spiro atoms. The fourth-order valence-electron chi connectivity index (χ4n) is 6.61. The molecule has 1 aromatic heterocycles. The van der Waals surface area contributed by atoms with Crippen LogP contribution in [0.4, 0.5) is 17.1 Å². The van der Waals surface area contributed by atoms with Crippen LogP contribution >= 0.6 is 0 Å². The molecule has 0 radical (unpaired) electrons. The SMILES string of the molecule is c1ccc(-c2nc3cccc(-c4ccc(N(c5ccc(-c6ccc7ccccc7c6)cc5)c5ccc6ccccc6c5)cc4)c3o2)cc1. The molecule has 0 saturated heterocycles. The summed E-state index contributed by atoms with van der Waals surface area (Å²) in [5, 5.41) is 4.92. The lowest BCUT2D eigenvalue weighted by molar-refractivity contribution is 0.621. The Kier molecular flexibility index (Phi) is 6.80. The summed E-state index contributed by atoms with van der Waals surface area (Å²) in [4.78, 5) is 7.11. The van der Waals surface area contributed by atoms with E-state index in [2.05, 4.69) is 144 Å². The second kappa shape index (κ2) is 11.7. The number of hydrogen-bond donors (Lipinski definition) is 0. The van der Waals surface area contributed by atoms with Gasteiger partial charge in [-0.1, -0.05) is 121 Å². The molecule has 0 atom stereocenters. The molecule has 0 amide bonds. The highest BCUT2D eigenvalue weighted by Crippen LogP contribution is 2.39. The van der Waals surface area contributed by atoms with Gasteiger partial charge in [0.2, 0.25) is 5.89 Å². The quantitative estimate of drug-likeness (QED) is 0.187. The van der Waals surface area contributed by atoms with Crippen molar-refractivity contribution < 1.29 is 4.42 Å². The molecular weight excluding hydrogens is 585 g/mol. The Morgan fingerprint density at radius 3 is 1.65 bits per heavy atom. The molecule has 9 rings (SSSR count). The number of hydrogen-bond acceptors (Lipinski definition) is 3. The lowest BCUT2D eigenvalue weighted by Gasteiger charge is -2.26. The molecular formula is C45H30N2O. The molecule has 3 nitrogen and oxygen atoms in total. The van der Waals surface area contributed by atoms with Crippen LogP contribution in [0.5, 0.6) is 0 Å². The standard InChI is InChI=1S/C45H30N2O/c1-2-11-35(12-3-1)45-46-43-16-8-15-42(44(43)48-45)34-22-26-40(27-23-34)47(41-28-21-32-10-5-7-14-37(32)30-41)39-24-19-33(20-25-39)38-18-17-31-9-4-6-13-36(31)29-38/h1-30H. The molecule has 0 bridgehead atoms. The Morgan fingerprint density at radius 1 is 0.375 bits per heavy atom. The maximum Gasteiger partial charge on any atom is 0.227 e. The van der Waals surface area contributed by atoms with Gasteiger partial charge in [-0.25, -0.2) is 4.98 Å². The van der Waals surface area contributed by atoms with E-state index < -0.39 is 0 Å². The summed E-state index contributed by atoms with van der Waals surface area (Å²) >= 11 is 0. The zero-order valence-corrected chi connectivity index (χ0v) is 26.1. The number of para-hydroxylation sites is 1. The lowest BCUT2D eigenvalue weighted by atomic mass is 10.0. The van der Waals surface area contributed by atoms with E-state index in [1.807, 2.05) is 42.5 Å². The van der Waals surface area contributed by atoms with Gasteiger partial charge in [-0.3, -0.25) is 0 Å². The van der Waals surface area contributed by atoms with Crippen LogP contribution in [0, 0.1) is 0 Å². The van der Waals surface area contributed by atoms with E-state index in [4.69, 9.17) is 9.40 Å². The van der Waals surface area contributed by atoms with Gasteiger partial charge in [0.15, 0.2) is 5.58 Å². The molecule has 0 aliphatic carbocycles. The summed E-state index contributed by atoms with van der Waals surface area (Å²) in [5.74, 6) is 0.629. The molecule has 8 aromatic carbocycles. The van der Waals surface area contributed by atoms with Crippen molar-refractivity contribution in [2.24, 2.45) is 0 Å². The number of anilines is 3. The Hall–Kier alpha value is -6.45. The predicted molar refractivity (Wildman–Crippen MR) is 200 cm³/mol. The van der Waals surface area contributed by atoms with Crippen molar-refractivity contribution in [2.45, 2.75) is 0 Å². The van der Waals surface area contributed by atoms with Crippen LogP contribution in [-0.4, -0.2) is 4.98 Å². The number of fused-ring (bicyclic) bond motifs is 3. The van der Waals surface area contributed by atoms with E-state index in [0.717, 1.165) is 44.9 Å². The van der Waals surface area contributed by atoms with Gasteiger partial charge < -0.3 is 9.32 Å². The third kappa shape index (κ3) is 5.08. The first-order valence-electron chi connectivity index (χ1n) is 16.2. The van der Waals surface area contributed by atoms with Crippen molar-refractivity contribution in [2.75, 3.05) is 4.90 Å². The van der Waals surface area contributed by atoms with Crippen LogP contribution in [0.1, 0.15) is 0 Å². The molecule has 0 aliphatic heterocycles. The third-order valence-electron chi connectivity index (χ3n) is 9.07.